The van der Waals surface area contributed by atoms with Crippen molar-refractivity contribution >= 4 is 17.3 Å². The van der Waals surface area contributed by atoms with E-state index < -0.39 is 46.1 Å². The van der Waals surface area contributed by atoms with E-state index in [1.165, 1.54) is 6.08 Å². The van der Waals surface area contributed by atoms with Gasteiger partial charge in [0.1, 0.15) is 17.9 Å². The Morgan fingerprint density at radius 3 is 2.56 bits per heavy atom. The third-order valence-corrected chi connectivity index (χ3v) is 8.71. The van der Waals surface area contributed by atoms with Gasteiger partial charge in [0.25, 0.3) is 0 Å². The summed E-state index contributed by atoms with van der Waals surface area (Å²) < 4.78 is 16.7. The van der Waals surface area contributed by atoms with Crippen LogP contribution in [0.25, 0.3) is 0 Å². The summed E-state index contributed by atoms with van der Waals surface area (Å²) >= 11 is 0. The summed E-state index contributed by atoms with van der Waals surface area (Å²) in [5.74, 6) is -2.22. The molecular formula is C21H27FO5. The van der Waals surface area contributed by atoms with Crippen molar-refractivity contribution in [1.82, 2.24) is 0 Å². The van der Waals surface area contributed by atoms with E-state index in [0.29, 0.717) is 25.7 Å². The minimum Gasteiger partial charge on any atom is -0.388 e. The monoisotopic (exact) mass is 378 g/mol. The number of hydrogen-bond donors (Lipinski definition) is 2. The summed E-state index contributed by atoms with van der Waals surface area (Å²) in [5.41, 5.74) is -4.30. The lowest BCUT2D eigenvalue weighted by molar-refractivity contribution is -0.184. The Morgan fingerprint density at radius 2 is 1.89 bits per heavy atom. The number of allylic oxidation sites excluding steroid dienone is 1. The molecule has 0 aromatic heterocycles. The SMILES string of the molecule is C[C@]12CC(=O)C(=O)C=C1CC[C@H]1[C@@H]3CC[C@](O)(C(=O)CO)[C@@]3(C)CC[C@@]12F. The molecule has 4 aliphatic rings. The van der Waals surface area contributed by atoms with Crippen molar-refractivity contribution in [3.8, 4) is 0 Å². The van der Waals surface area contributed by atoms with Crippen molar-refractivity contribution in [3.63, 3.8) is 0 Å². The van der Waals surface area contributed by atoms with Gasteiger partial charge in [0.05, 0.1) is 0 Å². The highest BCUT2D eigenvalue weighted by Crippen LogP contribution is 2.70. The fraction of sp³-hybridized carbons (Fsp3) is 0.762. The van der Waals surface area contributed by atoms with Crippen molar-refractivity contribution in [2.45, 2.75) is 70.1 Å². The maximum atomic E-state index is 16.7. The first-order valence-electron chi connectivity index (χ1n) is 9.87. The number of carbonyl (C=O) groups is 3. The summed E-state index contributed by atoms with van der Waals surface area (Å²) in [5, 5.41) is 20.5. The van der Waals surface area contributed by atoms with Crippen LogP contribution in [0.15, 0.2) is 11.6 Å². The molecule has 3 saturated carbocycles. The topological polar surface area (TPSA) is 91.7 Å². The van der Waals surface area contributed by atoms with Gasteiger partial charge in [-0.15, -0.1) is 0 Å². The molecule has 4 aliphatic carbocycles. The number of rotatable bonds is 2. The van der Waals surface area contributed by atoms with E-state index >= 15 is 4.39 Å². The molecule has 0 aromatic carbocycles. The Balaban J connectivity index is 1.76. The van der Waals surface area contributed by atoms with Gasteiger partial charge >= 0.3 is 0 Å². The highest BCUT2D eigenvalue weighted by Gasteiger charge is 2.71. The smallest absolute Gasteiger partial charge is 0.221 e. The molecule has 0 amide bonds. The van der Waals surface area contributed by atoms with Crippen LogP contribution in [0.2, 0.25) is 0 Å². The molecular weight excluding hydrogens is 351 g/mol. The van der Waals surface area contributed by atoms with E-state index in [0.717, 1.165) is 5.57 Å². The fourth-order valence-electron chi connectivity index (χ4n) is 6.95. The predicted octanol–water partition coefficient (Wildman–Crippen LogP) is 2.08. The van der Waals surface area contributed by atoms with Crippen LogP contribution in [0.5, 0.6) is 0 Å². The Bertz CT molecular complexity index is 775. The van der Waals surface area contributed by atoms with Crippen molar-refractivity contribution in [1.29, 1.82) is 0 Å². The quantitative estimate of drug-likeness (QED) is 0.718. The van der Waals surface area contributed by atoms with Crippen LogP contribution < -0.4 is 0 Å². The van der Waals surface area contributed by atoms with E-state index in [4.69, 9.17) is 0 Å². The van der Waals surface area contributed by atoms with Crippen molar-refractivity contribution < 1.29 is 29.0 Å². The number of aliphatic hydroxyl groups is 2. The second-order valence-electron chi connectivity index (χ2n) is 9.48. The molecule has 3 fully saturated rings. The first-order chi connectivity index (χ1) is 12.5. The van der Waals surface area contributed by atoms with Crippen LogP contribution in [0, 0.1) is 22.7 Å². The molecule has 0 unspecified atom stereocenters. The summed E-state index contributed by atoms with van der Waals surface area (Å²) in [6, 6.07) is 0. The second-order valence-corrected chi connectivity index (χ2v) is 9.48. The van der Waals surface area contributed by atoms with Gasteiger partial charge in [-0.1, -0.05) is 19.4 Å². The fourth-order valence-corrected chi connectivity index (χ4v) is 6.95. The lowest BCUT2D eigenvalue weighted by Crippen LogP contribution is -2.64. The van der Waals surface area contributed by atoms with Gasteiger partial charge in [0.15, 0.2) is 5.78 Å². The number of carbonyl (C=O) groups excluding carboxylic acids is 3. The molecule has 6 heteroatoms. The first-order valence-corrected chi connectivity index (χ1v) is 9.87. The normalized spacial score (nSPS) is 49.1. The van der Waals surface area contributed by atoms with Gasteiger partial charge in [0.2, 0.25) is 11.6 Å². The summed E-state index contributed by atoms with van der Waals surface area (Å²) in [7, 11) is 0. The van der Waals surface area contributed by atoms with Crippen LogP contribution in [-0.4, -0.2) is 45.4 Å². The van der Waals surface area contributed by atoms with Gasteiger partial charge in [-0.25, -0.2) is 4.39 Å². The van der Waals surface area contributed by atoms with E-state index in [9.17, 15) is 24.6 Å². The Morgan fingerprint density at radius 1 is 1.19 bits per heavy atom. The minimum atomic E-state index is -1.63. The minimum absolute atomic E-state index is 0.103. The molecule has 2 N–H and O–H groups in total. The number of aliphatic hydroxyl groups excluding tert-OH is 1. The molecule has 148 valence electrons. The number of Topliss-reactive ketones (excluding diaryl/α,β-unsaturated/α-hetero) is 2. The van der Waals surface area contributed by atoms with Crippen molar-refractivity contribution in [3.05, 3.63) is 11.6 Å². The number of ketones is 3. The zero-order valence-corrected chi connectivity index (χ0v) is 15.9. The molecule has 0 aliphatic heterocycles. The third-order valence-electron chi connectivity index (χ3n) is 8.71. The standard InChI is InChI=1S/C21H27FO5/c1-18-7-8-20(22)14(13(18)5-6-21(18,27)17(26)11-23)4-3-12-9-15(24)16(25)10-19(12,20)2/h9,13-14,23,27H,3-8,10-11H2,1-2H3/t13-,14-,18-,19-,20+,21-/m0/s1. The summed E-state index contributed by atoms with van der Waals surface area (Å²) in [4.78, 5) is 36.3. The van der Waals surface area contributed by atoms with E-state index in [-0.39, 0.29) is 31.1 Å². The summed E-state index contributed by atoms with van der Waals surface area (Å²) in [6.07, 6.45) is 3.56. The van der Waals surface area contributed by atoms with Crippen molar-refractivity contribution in [2.24, 2.45) is 22.7 Å². The molecule has 0 aromatic rings. The molecule has 0 spiro atoms. The van der Waals surface area contributed by atoms with Crippen LogP contribution >= 0.6 is 0 Å². The number of halogens is 1. The predicted molar refractivity (Wildman–Crippen MR) is 94.5 cm³/mol. The highest BCUT2D eigenvalue weighted by atomic mass is 19.1. The van der Waals surface area contributed by atoms with Gasteiger partial charge < -0.3 is 10.2 Å². The Labute approximate surface area is 158 Å². The largest absolute Gasteiger partial charge is 0.388 e. The summed E-state index contributed by atoms with van der Waals surface area (Å²) in [6.45, 7) is 2.89. The van der Waals surface area contributed by atoms with Crippen LogP contribution in [0.3, 0.4) is 0 Å². The first kappa shape index (κ1) is 18.9. The maximum Gasteiger partial charge on any atom is 0.221 e. The van der Waals surface area contributed by atoms with Gasteiger partial charge in [-0.05, 0) is 56.4 Å². The highest BCUT2D eigenvalue weighted by molar-refractivity contribution is 6.42. The number of fused-ring (bicyclic) bond motifs is 5. The Kier molecular flexibility index (Phi) is 3.91. The van der Waals surface area contributed by atoms with E-state index in [1.807, 2.05) is 6.92 Å². The van der Waals surface area contributed by atoms with Crippen LogP contribution in [0.1, 0.15) is 58.8 Å². The van der Waals surface area contributed by atoms with Gasteiger partial charge in [0, 0.05) is 17.3 Å². The van der Waals surface area contributed by atoms with Crippen LogP contribution in [0.4, 0.5) is 4.39 Å². The molecule has 6 atom stereocenters. The van der Waals surface area contributed by atoms with E-state index in [1.54, 1.807) is 6.92 Å². The number of alkyl halides is 1. The van der Waals surface area contributed by atoms with E-state index in [2.05, 4.69) is 0 Å². The van der Waals surface area contributed by atoms with Crippen LogP contribution in [-0.2, 0) is 14.4 Å². The Hall–Kier alpha value is -1.40. The molecule has 4 rings (SSSR count). The molecule has 5 nitrogen and oxygen atoms in total. The zero-order chi connectivity index (χ0) is 19.8. The molecule has 0 saturated heterocycles. The van der Waals surface area contributed by atoms with Gasteiger partial charge in [-0.2, -0.15) is 0 Å². The molecule has 0 heterocycles. The lowest BCUT2D eigenvalue weighted by Gasteiger charge is -2.61. The van der Waals surface area contributed by atoms with Crippen molar-refractivity contribution in [2.75, 3.05) is 6.61 Å². The maximum absolute atomic E-state index is 16.7. The third kappa shape index (κ3) is 2.09. The lowest BCUT2D eigenvalue weighted by atomic mass is 9.44. The second kappa shape index (κ2) is 5.57. The number of hydrogen-bond acceptors (Lipinski definition) is 5. The molecule has 0 bridgehead atoms. The van der Waals surface area contributed by atoms with Gasteiger partial charge in [-0.3, -0.25) is 14.4 Å². The average molecular weight is 378 g/mol. The molecule has 0 radical (unpaired) electrons. The zero-order valence-electron chi connectivity index (χ0n) is 15.9. The molecule has 27 heavy (non-hydrogen) atoms. The average Bonchev–Trinajstić information content (AvgIpc) is 2.90.